The molecule has 4 rings (SSSR count). The molecule has 0 saturated carbocycles. The van der Waals surface area contributed by atoms with Gasteiger partial charge in [-0.05, 0) is 43.0 Å². The molecule has 0 N–H and O–H groups in total. The van der Waals surface area contributed by atoms with Gasteiger partial charge in [-0.1, -0.05) is 29.4 Å². The Morgan fingerprint density at radius 1 is 1.22 bits per heavy atom. The van der Waals surface area contributed by atoms with Crippen LogP contribution in [0.5, 0.6) is 0 Å². The SMILES string of the molecule is Cc1cnnc(-c2noc(C3(C)OCCc4ccccc43)n2)c1. The number of hydrogen-bond donors (Lipinski definition) is 0. The van der Waals surface area contributed by atoms with E-state index >= 15 is 0 Å². The summed E-state index contributed by atoms with van der Waals surface area (Å²) >= 11 is 0. The van der Waals surface area contributed by atoms with Crippen LogP contribution in [0.15, 0.2) is 41.1 Å². The summed E-state index contributed by atoms with van der Waals surface area (Å²) in [6, 6.07) is 10.1. The molecule has 1 aromatic carbocycles. The highest BCUT2D eigenvalue weighted by atomic mass is 16.5. The van der Waals surface area contributed by atoms with Gasteiger partial charge in [-0.3, -0.25) is 0 Å². The van der Waals surface area contributed by atoms with Crippen LogP contribution in [0.2, 0.25) is 0 Å². The van der Waals surface area contributed by atoms with E-state index in [1.165, 1.54) is 5.56 Å². The summed E-state index contributed by atoms with van der Waals surface area (Å²) < 4.78 is 11.5. The first-order valence-corrected chi connectivity index (χ1v) is 7.53. The number of rotatable bonds is 2. The third-order valence-corrected chi connectivity index (χ3v) is 4.15. The van der Waals surface area contributed by atoms with E-state index in [1.54, 1.807) is 6.20 Å². The standard InChI is InChI=1S/C17H16N4O2/c1-11-9-14(20-18-10-11)15-19-16(23-21-15)17(2)13-6-4-3-5-12(13)7-8-22-17/h3-6,9-10H,7-8H2,1-2H3. The first kappa shape index (κ1) is 14.0. The number of nitrogens with zero attached hydrogens (tertiary/aromatic N) is 4. The normalized spacial score (nSPS) is 20.3. The van der Waals surface area contributed by atoms with Gasteiger partial charge >= 0.3 is 0 Å². The second kappa shape index (κ2) is 5.24. The summed E-state index contributed by atoms with van der Waals surface area (Å²) in [6.07, 6.45) is 2.57. The number of hydrogen-bond acceptors (Lipinski definition) is 6. The highest BCUT2D eigenvalue weighted by Crippen LogP contribution is 2.38. The summed E-state index contributed by atoms with van der Waals surface area (Å²) in [5.74, 6) is 0.854. The van der Waals surface area contributed by atoms with Gasteiger partial charge in [-0.15, -0.1) is 5.10 Å². The molecule has 0 bridgehead atoms. The van der Waals surface area contributed by atoms with E-state index in [4.69, 9.17) is 9.26 Å². The van der Waals surface area contributed by atoms with Crippen molar-refractivity contribution in [3.63, 3.8) is 0 Å². The highest BCUT2D eigenvalue weighted by Gasteiger charge is 2.40. The first-order chi connectivity index (χ1) is 11.2. The molecule has 0 amide bonds. The van der Waals surface area contributed by atoms with Crippen molar-refractivity contribution in [2.75, 3.05) is 6.61 Å². The van der Waals surface area contributed by atoms with Crippen molar-refractivity contribution < 1.29 is 9.26 Å². The molecule has 2 aromatic heterocycles. The average Bonchev–Trinajstić information content (AvgIpc) is 3.06. The molecule has 3 heterocycles. The van der Waals surface area contributed by atoms with Crippen molar-refractivity contribution >= 4 is 0 Å². The molecular formula is C17H16N4O2. The summed E-state index contributed by atoms with van der Waals surface area (Å²) in [7, 11) is 0. The lowest BCUT2D eigenvalue weighted by atomic mass is 9.87. The molecule has 0 fully saturated rings. The van der Waals surface area contributed by atoms with Gasteiger partial charge in [0.2, 0.25) is 5.82 Å². The Hall–Kier alpha value is -2.60. The molecular weight excluding hydrogens is 292 g/mol. The largest absolute Gasteiger partial charge is 0.360 e. The van der Waals surface area contributed by atoms with Gasteiger partial charge in [0.05, 0.1) is 12.8 Å². The number of fused-ring (bicyclic) bond motifs is 1. The first-order valence-electron chi connectivity index (χ1n) is 7.53. The quantitative estimate of drug-likeness (QED) is 0.724. The third-order valence-electron chi connectivity index (χ3n) is 4.15. The smallest absolute Gasteiger partial charge is 0.263 e. The van der Waals surface area contributed by atoms with Crippen molar-refractivity contribution in [3.8, 4) is 11.5 Å². The van der Waals surface area contributed by atoms with Gasteiger partial charge in [0.15, 0.2) is 5.60 Å². The van der Waals surface area contributed by atoms with Gasteiger partial charge in [-0.2, -0.15) is 10.1 Å². The Balaban J connectivity index is 1.78. The number of benzene rings is 1. The molecule has 0 aliphatic carbocycles. The maximum Gasteiger partial charge on any atom is 0.263 e. The van der Waals surface area contributed by atoms with E-state index in [1.807, 2.05) is 38.1 Å². The van der Waals surface area contributed by atoms with Crippen LogP contribution in [0.1, 0.15) is 29.5 Å². The predicted octanol–water partition coefficient (Wildman–Crippen LogP) is 2.67. The van der Waals surface area contributed by atoms with E-state index < -0.39 is 5.60 Å². The summed E-state index contributed by atoms with van der Waals surface area (Å²) in [5.41, 5.74) is 3.16. The maximum absolute atomic E-state index is 6.02. The summed E-state index contributed by atoms with van der Waals surface area (Å²) in [6.45, 7) is 4.53. The van der Waals surface area contributed by atoms with E-state index in [0.29, 0.717) is 24.0 Å². The van der Waals surface area contributed by atoms with Crippen LogP contribution in [0.25, 0.3) is 11.5 Å². The topological polar surface area (TPSA) is 73.9 Å². The van der Waals surface area contributed by atoms with Crippen molar-refractivity contribution in [1.29, 1.82) is 0 Å². The van der Waals surface area contributed by atoms with E-state index in [9.17, 15) is 0 Å². The van der Waals surface area contributed by atoms with Gasteiger partial charge < -0.3 is 9.26 Å². The average molecular weight is 308 g/mol. The fourth-order valence-electron chi connectivity index (χ4n) is 2.92. The fraction of sp³-hybridized carbons (Fsp3) is 0.294. The lowest BCUT2D eigenvalue weighted by Crippen LogP contribution is -2.34. The minimum Gasteiger partial charge on any atom is -0.360 e. The molecule has 0 radical (unpaired) electrons. The van der Waals surface area contributed by atoms with Crippen LogP contribution in [-0.4, -0.2) is 26.9 Å². The Morgan fingerprint density at radius 3 is 2.96 bits per heavy atom. The molecule has 23 heavy (non-hydrogen) atoms. The van der Waals surface area contributed by atoms with Gasteiger partial charge in [0.1, 0.15) is 5.69 Å². The van der Waals surface area contributed by atoms with Crippen LogP contribution in [0, 0.1) is 6.92 Å². The maximum atomic E-state index is 6.02. The minimum atomic E-state index is -0.739. The molecule has 116 valence electrons. The molecule has 1 atom stereocenters. The molecule has 1 aliphatic rings. The zero-order chi connectivity index (χ0) is 15.9. The Morgan fingerprint density at radius 2 is 2.09 bits per heavy atom. The van der Waals surface area contributed by atoms with Crippen LogP contribution >= 0.6 is 0 Å². The van der Waals surface area contributed by atoms with Crippen LogP contribution in [0.4, 0.5) is 0 Å². The number of aromatic nitrogens is 4. The number of ether oxygens (including phenoxy) is 1. The van der Waals surface area contributed by atoms with Crippen molar-refractivity contribution in [2.24, 2.45) is 0 Å². The molecule has 6 nitrogen and oxygen atoms in total. The molecule has 0 spiro atoms. The van der Waals surface area contributed by atoms with Gasteiger partial charge in [0, 0.05) is 0 Å². The van der Waals surface area contributed by atoms with Crippen LogP contribution in [0.3, 0.4) is 0 Å². The zero-order valence-corrected chi connectivity index (χ0v) is 13.0. The summed E-state index contributed by atoms with van der Waals surface area (Å²) in [4.78, 5) is 4.51. The minimum absolute atomic E-state index is 0.420. The Bertz CT molecular complexity index is 861. The molecule has 0 saturated heterocycles. The Labute approximate surface area is 133 Å². The molecule has 3 aromatic rings. The van der Waals surface area contributed by atoms with E-state index in [2.05, 4.69) is 26.4 Å². The third kappa shape index (κ3) is 2.31. The second-order valence-corrected chi connectivity index (χ2v) is 5.83. The Kier molecular flexibility index (Phi) is 3.20. The van der Waals surface area contributed by atoms with Crippen molar-refractivity contribution in [2.45, 2.75) is 25.9 Å². The van der Waals surface area contributed by atoms with Gasteiger partial charge in [-0.25, -0.2) is 0 Å². The van der Waals surface area contributed by atoms with Crippen LogP contribution < -0.4 is 0 Å². The van der Waals surface area contributed by atoms with E-state index in [0.717, 1.165) is 17.5 Å². The monoisotopic (exact) mass is 308 g/mol. The summed E-state index contributed by atoms with van der Waals surface area (Å²) in [5, 5.41) is 12.0. The zero-order valence-electron chi connectivity index (χ0n) is 13.0. The van der Waals surface area contributed by atoms with Crippen molar-refractivity contribution in [3.05, 3.63) is 59.1 Å². The van der Waals surface area contributed by atoms with Crippen molar-refractivity contribution in [1.82, 2.24) is 20.3 Å². The fourth-order valence-corrected chi connectivity index (χ4v) is 2.92. The lowest BCUT2D eigenvalue weighted by molar-refractivity contribution is -0.0357. The lowest BCUT2D eigenvalue weighted by Gasteiger charge is -2.32. The second-order valence-electron chi connectivity index (χ2n) is 5.83. The molecule has 1 aliphatic heterocycles. The highest BCUT2D eigenvalue weighted by molar-refractivity contribution is 5.49. The molecule has 6 heteroatoms. The predicted molar refractivity (Wildman–Crippen MR) is 82.6 cm³/mol. The van der Waals surface area contributed by atoms with Crippen LogP contribution in [-0.2, 0) is 16.8 Å². The number of aryl methyl sites for hydroxylation is 1. The van der Waals surface area contributed by atoms with Gasteiger partial charge in [0.25, 0.3) is 5.89 Å². The molecule has 1 unspecified atom stereocenters. The van der Waals surface area contributed by atoms with E-state index in [-0.39, 0.29) is 0 Å².